The molecule has 0 saturated heterocycles. The molecule has 1 heterocycles. The number of carbonyl (C=O) groups is 1. The monoisotopic (exact) mass is 303 g/mol. The van der Waals surface area contributed by atoms with Gasteiger partial charge >= 0.3 is 5.97 Å². The summed E-state index contributed by atoms with van der Waals surface area (Å²) in [4.78, 5) is 12.1. The third-order valence-corrected chi connectivity index (χ3v) is 5.05. The Morgan fingerprint density at radius 3 is 3.00 bits per heavy atom. The molecule has 1 aromatic heterocycles. The number of rotatable bonds is 7. The zero-order valence-corrected chi connectivity index (χ0v) is 12.9. The van der Waals surface area contributed by atoms with Gasteiger partial charge in [-0.15, -0.1) is 23.1 Å². The highest BCUT2D eigenvalue weighted by Gasteiger charge is 2.18. The summed E-state index contributed by atoms with van der Waals surface area (Å²) in [5, 5.41) is 1.73. The standard InChI is InChI=1S/C12H17NO2S3/c1-15-11(14)10-7-8(12(17-2)18-10)9(13)5-3-4-6-16/h6-7,9H,3-5,13H2,1-2H3. The van der Waals surface area contributed by atoms with Gasteiger partial charge < -0.3 is 10.5 Å². The molecule has 100 valence electrons. The van der Waals surface area contributed by atoms with Gasteiger partial charge in [0, 0.05) is 6.04 Å². The minimum atomic E-state index is -0.298. The number of hydrogen-bond acceptors (Lipinski definition) is 6. The van der Waals surface area contributed by atoms with Crippen molar-refractivity contribution in [3.63, 3.8) is 0 Å². The second-order valence-corrected chi connectivity index (χ2v) is 6.21. The maximum atomic E-state index is 11.5. The van der Waals surface area contributed by atoms with E-state index in [1.165, 1.54) is 18.4 Å². The van der Waals surface area contributed by atoms with Crippen molar-refractivity contribution < 1.29 is 9.53 Å². The summed E-state index contributed by atoms with van der Waals surface area (Å²) in [5.74, 6) is -0.298. The minimum Gasteiger partial charge on any atom is -0.465 e. The van der Waals surface area contributed by atoms with E-state index in [1.807, 2.05) is 12.3 Å². The molecule has 0 amide bonds. The normalized spacial score (nSPS) is 12.2. The number of esters is 1. The SMILES string of the molecule is COC(=O)c1cc(C(N)CCCC=S)c(SC)s1. The predicted octanol–water partition coefficient (Wildman–Crippen LogP) is 3.43. The van der Waals surface area contributed by atoms with Crippen molar-refractivity contribution in [2.24, 2.45) is 5.73 Å². The van der Waals surface area contributed by atoms with Gasteiger partial charge in [0.1, 0.15) is 4.88 Å². The first-order valence-electron chi connectivity index (χ1n) is 5.59. The Bertz CT molecular complexity index is 417. The Morgan fingerprint density at radius 1 is 1.72 bits per heavy atom. The number of thioether (sulfide) groups is 1. The summed E-state index contributed by atoms with van der Waals surface area (Å²) >= 11 is 7.85. The molecule has 1 atom stereocenters. The molecule has 3 nitrogen and oxygen atoms in total. The molecule has 18 heavy (non-hydrogen) atoms. The Balaban J connectivity index is 2.82. The Labute approximate surface area is 121 Å². The average Bonchev–Trinajstić information content (AvgIpc) is 2.82. The highest BCUT2D eigenvalue weighted by Crippen LogP contribution is 2.35. The molecule has 6 heteroatoms. The number of hydrogen-bond donors (Lipinski definition) is 1. The fraction of sp³-hybridized carbons (Fsp3) is 0.500. The van der Waals surface area contributed by atoms with Gasteiger partial charge in [-0.3, -0.25) is 0 Å². The molecule has 0 fully saturated rings. The summed E-state index contributed by atoms with van der Waals surface area (Å²) in [7, 11) is 1.39. The number of carbonyl (C=O) groups excluding carboxylic acids is 1. The topological polar surface area (TPSA) is 52.3 Å². The lowest BCUT2D eigenvalue weighted by Crippen LogP contribution is -2.10. The van der Waals surface area contributed by atoms with E-state index in [0.29, 0.717) is 4.88 Å². The van der Waals surface area contributed by atoms with E-state index in [-0.39, 0.29) is 12.0 Å². The molecule has 0 aliphatic carbocycles. The largest absolute Gasteiger partial charge is 0.465 e. The molecule has 0 aromatic carbocycles. The van der Waals surface area contributed by atoms with Gasteiger partial charge in [-0.2, -0.15) is 0 Å². The zero-order chi connectivity index (χ0) is 13.5. The van der Waals surface area contributed by atoms with Crippen molar-refractivity contribution in [2.75, 3.05) is 13.4 Å². The quantitative estimate of drug-likeness (QED) is 0.362. The Morgan fingerprint density at radius 2 is 2.44 bits per heavy atom. The van der Waals surface area contributed by atoms with Gasteiger partial charge in [0.25, 0.3) is 0 Å². The highest BCUT2D eigenvalue weighted by molar-refractivity contribution is 8.00. The van der Waals surface area contributed by atoms with Gasteiger partial charge in [0.05, 0.1) is 11.3 Å². The number of methoxy groups -OCH3 is 1. The van der Waals surface area contributed by atoms with Crippen molar-refractivity contribution in [1.29, 1.82) is 0 Å². The molecule has 0 saturated carbocycles. The summed E-state index contributed by atoms with van der Waals surface area (Å²) in [6.07, 6.45) is 4.73. The van der Waals surface area contributed by atoms with Gasteiger partial charge in [-0.05, 0) is 42.5 Å². The lowest BCUT2D eigenvalue weighted by atomic mass is 10.0. The fourth-order valence-corrected chi connectivity index (χ4v) is 3.68. The number of nitrogens with two attached hydrogens (primary N) is 1. The number of unbranched alkanes of at least 4 members (excludes halogenated alkanes) is 1. The number of thiophene rings is 1. The smallest absolute Gasteiger partial charge is 0.348 e. The van der Waals surface area contributed by atoms with Crippen LogP contribution in [0.5, 0.6) is 0 Å². The van der Waals surface area contributed by atoms with Crippen LogP contribution in [0.1, 0.15) is 40.5 Å². The van der Waals surface area contributed by atoms with E-state index >= 15 is 0 Å². The second kappa shape index (κ2) is 7.89. The second-order valence-electron chi connectivity index (χ2n) is 3.75. The summed E-state index contributed by atoms with van der Waals surface area (Å²) in [5.41, 5.74) is 7.20. The van der Waals surface area contributed by atoms with Crippen LogP contribution in [0.3, 0.4) is 0 Å². The molecule has 0 spiro atoms. The first-order valence-corrected chi connectivity index (χ1v) is 8.10. The fourth-order valence-electron chi connectivity index (χ4n) is 1.58. The van der Waals surface area contributed by atoms with E-state index in [4.69, 9.17) is 22.7 Å². The first kappa shape index (κ1) is 15.6. The number of thiocarbonyl (C=S) groups is 1. The van der Waals surface area contributed by atoms with Crippen LogP contribution in [0.25, 0.3) is 0 Å². The van der Waals surface area contributed by atoms with Gasteiger partial charge in [0.15, 0.2) is 0 Å². The van der Waals surface area contributed by atoms with Crippen molar-refractivity contribution in [3.05, 3.63) is 16.5 Å². The lowest BCUT2D eigenvalue weighted by molar-refractivity contribution is 0.0606. The molecular formula is C12H17NO2S3. The van der Waals surface area contributed by atoms with Crippen molar-refractivity contribution in [2.45, 2.75) is 29.5 Å². The van der Waals surface area contributed by atoms with Crippen LogP contribution in [0.15, 0.2) is 10.3 Å². The van der Waals surface area contributed by atoms with Crippen LogP contribution in [-0.4, -0.2) is 24.7 Å². The maximum absolute atomic E-state index is 11.5. The Hall–Kier alpha value is -0.430. The average molecular weight is 303 g/mol. The van der Waals surface area contributed by atoms with Gasteiger partial charge in [0.2, 0.25) is 0 Å². The summed E-state index contributed by atoms with van der Waals surface area (Å²) in [6.45, 7) is 0. The molecule has 1 rings (SSSR count). The van der Waals surface area contributed by atoms with Crippen LogP contribution in [0, 0.1) is 0 Å². The van der Waals surface area contributed by atoms with Crippen LogP contribution in [0.4, 0.5) is 0 Å². The molecule has 2 N–H and O–H groups in total. The minimum absolute atomic E-state index is 0.0444. The van der Waals surface area contributed by atoms with Gasteiger partial charge in [-0.25, -0.2) is 4.79 Å². The third-order valence-electron chi connectivity index (χ3n) is 2.53. The number of ether oxygens (including phenoxy) is 1. The molecule has 0 radical (unpaired) electrons. The zero-order valence-electron chi connectivity index (χ0n) is 10.5. The van der Waals surface area contributed by atoms with E-state index in [9.17, 15) is 4.79 Å². The van der Waals surface area contributed by atoms with E-state index in [0.717, 1.165) is 29.0 Å². The molecule has 0 bridgehead atoms. The van der Waals surface area contributed by atoms with E-state index < -0.39 is 0 Å². The summed E-state index contributed by atoms with van der Waals surface area (Å²) < 4.78 is 5.82. The van der Waals surface area contributed by atoms with Crippen LogP contribution >= 0.6 is 35.3 Å². The van der Waals surface area contributed by atoms with Crippen LogP contribution in [0.2, 0.25) is 0 Å². The van der Waals surface area contributed by atoms with Crippen molar-refractivity contribution in [3.8, 4) is 0 Å². The summed E-state index contributed by atoms with van der Waals surface area (Å²) in [6, 6.07) is 1.81. The van der Waals surface area contributed by atoms with Crippen LogP contribution < -0.4 is 5.73 Å². The molecule has 1 aromatic rings. The maximum Gasteiger partial charge on any atom is 0.348 e. The van der Waals surface area contributed by atoms with Crippen LogP contribution in [-0.2, 0) is 4.74 Å². The molecule has 0 aliphatic rings. The van der Waals surface area contributed by atoms with Crippen molar-refractivity contribution >= 4 is 46.7 Å². The predicted molar refractivity (Wildman–Crippen MR) is 81.9 cm³/mol. The first-order chi connectivity index (χ1) is 8.63. The highest BCUT2D eigenvalue weighted by atomic mass is 32.2. The van der Waals surface area contributed by atoms with Gasteiger partial charge in [-0.1, -0.05) is 12.2 Å². The lowest BCUT2D eigenvalue weighted by Gasteiger charge is -2.10. The molecule has 1 unspecified atom stereocenters. The third kappa shape index (κ3) is 4.05. The molecular weight excluding hydrogens is 286 g/mol. The van der Waals surface area contributed by atoms with E-state index in [2.05, 4.69) is 0 Å². The Kier molecular flexibility index (Phi) is 6.85. The van der Waals surface area contributed by atoms with Crippen molar-refractivity contribution in [1.82, 2.24) is 0 Å². The molecule has 0 aliphatic heterocycles. The van der Waals surface area contributed by atoms with E-state index in [1.54, 1.807) is 17.1 Å².